The maximum atomic E-state index is 13.4. The number of hydrogen-bond acceptors (Lipinski definition) is 10. The van der Waals surface area contributed by atoms with Crippen molar-refractivity contribution in [3.05, 3.63) is 0 Å². The summed E-state index contributed by atoms with van der Waals surface area (Å²) in [5, 5.41) is 34.7. The summed E-state index contributed by atoms with van der Waals surface area (Å²) in [6, 6.07) is 0. The van der Waals surface area contributed by atoms with Crippen molar-refractivity contribution in [3.63, 3.8) is 0 Å². The van der Waals surface area contributed by atoms with Crippen molar-refractivity contribution in [3.8, 4) is 0 Å². The Morgan fingerprint density at radius 2 is 1.70 bits per heavy atom. The van der Waals surface area contributed by atoms with E-state index in [-0.39, 0.29) is 6.42 Å². The van der Waals surface area contributed by atoms with Crippen LogP contribution in [-0.2, 0) is 33.3 Å². The van der Waals surface area contributed by atoms with Gasteiger partial charge in [0.25, 0.3) is 0 Å². The summed E-state index contributed by atoms with van der Waals surface area (Å²) in [4.78, 5) is 38.2. The first-order valence-corrected chi connectivity index (χ1v) is 10.2. The van der Waals surface area contributed by atoms with Crippen LogP contribution in [0.4, 0.5) is 0 Å². The zero-order valence-electron chi connectivity index (χ0n) is 16.9. The smallest absolute Gasteiger partial charge is 0.343 e. The molecule has 4 saturated heterocycles. The molecule has 2 aliphatic carbocycles. The highest BCUT2D eigenvalue weighted by atomic mass is 16.8. The molecule has 4 aliphatic heterocycles. The van der Waals surface area contributed by atoms with Crippen molar-refractivity contribution < 1.29 is 48.7 Å². The third-order valence-corrected chi connectivity index (χ3v) is 9.00. The van der Waals surface area contributed by atoms with Crippen molar-refractivity contribution >= 4 is 17.9 Å². The lowest BCUT2D eigenvalue weighted by molar-refractivity contribution is -0.239. The monoisotopic (exact) mass is 424 g/mol. The molecule has 0 aromatic carbocycles. The van der Waals surface area contributed by atoms with Gasteiger partial charge in [-0.2, -0.15) is 0 Å². The molecule has 0 aromatic heterocycles. The minimum atomic E-state index is -2.24. The van der Waals surface area contributed by atoms with E-state index in [1.165, 1.54) is 6.92 Å². The van der Waals surface area contributed by atoms with Crippen LogP contribution in [0, 0.1) is 28.1 Å². The predicted octanol–water partition coefficient (Wildman–Crippen LogP) is -1.37. The van der Waals surface area contributed by atoms with E-state index in [9.17, 15) is 29.7 Å². The highest BCUT2D eigenvalue weighted by Gasteiger charge is 3.03. The number of rotatable bonds is 0. The Bertz CT molecular complexity index is 925. The van der Waals surface area contributed by atoms with E-state index in [0.717, 1.165) is 0 Å². The lowest BCUT2D eigenvalue weighted by atomic mass is 9.51. The average molecular weight is 424 g/mol. The van der Waals surface area contributed by atoms with Crippen LogP contribution in [0.3, 0.4) is 0 Å². The fourth-order valence-corrected chi connectivity index (χ4v) is 8.12. The lowest BCUT2D eigenvalue weighted by Crippen LogP contribution is -2.67. The fourth-order valence-electron chi connectivity index (χ4n) is 8.12. The molecule has 0 aromatic rings. The van der Waals surface area contributed by atoms with E-state index < -0.39 is 87.9 Å². The van der Waals surface area contributed by atoms with Gasteiger partial charge in [-0.3, -0.25) is 4.79 Å². The Kier molecular flexibility index (Phi) is 2.97. The molecule has 10 heteroatoms. The van der Waals surface area contributed by atoms with E-state index in [0.29, 0.717) is 0 Å². The maximum absolute atomic E-state index is 13.4. The number of aliphatic hydroxyl groups is 3. The number of esters is 3. The molecule has 6 aliphatic rings. The zero-order valence-corrected chi connectivity index (χ0v) is 16.9. The van der Waals surface area contributed by atoms with Crippen molar-refractivity contribution in [2.24, 2.45) is 28.1 Å². The fraction of sp³-hybridized carbons (Fsp3) is 0.850. The van der Waals surface area contributed by atoms with E-state index in [1.807, 2.05) is 20.8 Å². The molecular weight excluding hydrogens is 400 g/mol. The number of aliphatic hydroxyl groups excluding tert-OH is 2. The highest BCUT2D eigenvalue weighted by Crippen LogP contribution is 2.84. The molecule has 3 N–H and O–H groups in total. The predicted molar refractivity (Wildman–Crippen MR) is 92.0 cm³/mol. The first kappa shape index (κ1) is 19.0. The molecule has 10 nitrogen and oxygen atoms in total. The Labute approximate surface area is 171 Å². The first-order chi connectivity index (χ1) is 13.8. The Morgan fingerprint density at radius 1 is 1.03 bits per heavy atom. The zero-order chi connectivity index (χ0) is 21.8. The summed E-state index contributed by atoms with van der Waals surface area (Å²) in [7, 11) is 0. The number of carbonyl (C=O) groups excluding carboxylic acids is 3. The maximum Gasteiger partial charge on any atom is 0.343 e. The minimum Gasteiger partial charge on any atom is -0.459 e. The Hall–Kier alpha value is -1.75. The van der Waals surface area contributed by atoms with Crippen LogP contribution < -0.4 is 0 Å². The van der Waals surface area contributed by atoms with Gasteiger partial charge in [0, 0.05) is 0 Å². The first-order valence-electron chi connectivity index (χ1n) is 10.2. The number of fused-ring (bicyclic) bond motifs is 1. The highest BCUT2D eigenvalue weighted by molar-refractivity contribution is 5.94. The summed E-state index contributed by atoms with van der Waals surface area (Å²) >= 11 is 0. The van der Waals surface area contributed by atoms with Gasteiger partial charge < -0.3 is 34.3 Å². The van der Waals surface area contributed by atoms with Gasteiger partial charge >= 0.3 is 17.9 Å². The normalized spacial score (nSPS) is 60.1. The molecule has 30 heavy (non-hydrogen) atoms. The summed E-state index contributed by atoms with van der Waals surface area (Å²) in [6.45, 7) is 7.14. The third kappa shape index (κ3) is 1.33. The summed E-state index contributed by atoms with van der Waals surface area (Å²) in [5.41, 5.74) is -8.26. The molecule has 6 fully saturated rings. The van der Waals surface area contributed by atoms with Gasteiger partial charge in [0.15, 0.2) is 17.8 Å². The van der Waals surface area contributed by atoms with Gasteiger partial charge in [-0.1, -0.05) is 20.8 Å². The van der Waals surface area contributed by atoms with E-state index in [4.69, 9.17) is 18.9 Å². The molecule has 6 rings (SSSR count). The van der Waals surface area contributed by atoms with Crippen molar-refractivity contribution in [2.75, 3.05) is 0 Å². The van der Waals surface area contributed by atoms with E-state index in [1.54, 1.807) is 0 Å². The van der Waals surface area contributed by atoms with Crippen LogP contribution in [0.2, 0.25) is 0 Å². The van der Waals surface area contributed by atoms with Crippen molar-refractivity contribution in [1.82, 2.24) is 0 Å². The molecular formula is C20H24O10. The van der Waals surface area contributed by atoms with Gasteiger partial charge in [-0.25, -0.2) is 9.59 Å². The second kappa shape index (κ2) is 4.69. The SMILES string of the molecule is C[C@@H]1C(=O)O[C@H]2[C@H](O)[C@@]34[C@H]5C[C@@H](C(C)(C)C)[C@]36C(OC(=O)[C@@H]6O)O[C@@]4(C(=O)O5)[C@@]12O. The van der Waals surface area contributed by atoms with Crippen LogP contribution in [0.5, 0.6) is 0 Å². The molecule has 11 atom stereocenters. The van der Waals surface area contributed by atoms with E-state index in [2.05, 4.69) is 0 Å². The van der Waals surface area contributed by atoms with Crippen LogP contribution in [0.1, 0.15) is 34.1 Å². The average Bonchev–Trinajstić information content (AvgIpc) is 3.35. The standard InChI is InChI=1S/C20H24O10/c1-6-12(23)28-11-9(21)18-8-5-7(16(2,3)4)17(18)10(22)13(24)29-15(17)30-20(18,14(25)27-8)19(6,11)26/h6-11,15,21-22,26H,5H2,1-4H3/t6-,7+,8-,9+,10+,11+,15?,17+,18+,19-,20-/m1/s1. The molecule has 2 spiro atoms. The number of ether oxygens (including phenoxy) is 4. The molecule has 0 radical (unpaired) electrons. The van der Waals surface area contributed by atoms with Crippen molar-refractivity contribution in [1.29, 1.82) is 0 Å². The van der Waals surface area contributed by atoms with E-state index >= 15 is 0 Å². The van der Waals surface area contributed by atoms with Gasteiger partial charge in [0.1, 0.15) is 12.2 Å². The van der Waals surface area contributed by atoms with Crippen molar-refractivity contribution in [2.45, 2.75) is 76.0 Å². The summed E-state index contributed by atoms with van der Waals surface area (Å²) < 4.78 is 22.5. The molecule has 164 valence electrons. The van der Waals surface area contributed by atoms with Gasteiger partial charge in [0.05, 0.1) is 16.7 Å². The molecule has 0 amide bonds. The Morgan fingerprint density at radius 3 is 2.33 bits per heavy atom. The summed E-state index contributed by atoms with van der Waals surface area (Å²) in [5.74, 6) is -4.32. The van der Waals surface area contributed by atoms with Gasteiger partial charge in [-0.15, -0.1) is 0 Å². The largest absolute Gasteiger partial charge is 0.459 e. The minimum absolute atomic E-state index is 0.229. The van der Waals surface area contributed by atoms with Crippen LogP contribution in [0.15, 0.2) is 0 Å². The third-order valence-electron chi connectivity index (χ3n) is 9.00. The second-order valence-corrected chi connectivity index (χ2v) is 10.7. The quantitative estimate of drug-likeness (QED) is 0.314. The Balaban J connectivity index is 1.72. The number of carbonyl (C=O) groups is 3. The summed E-state index contributed by atoms with van der Waals surface area (Å²) in [6.07, 6.45) is -6.91. The molecule has 1 unspecified atom stereocenters. The van der Waals surface area contributed by atoms with Crippen LogP contribution in [0.25, 0.3) is 0 Å². The topological polar surface area (TPSA) is 149 Å². The van der Waals surface area contributed by atoms with Gasteiger partial charge in [-0.05, 0) is 24.7 Å². The molecule has 2 saturated carbocycles. The van der Waals surface area contributed by atoms with Crippen LogP contribution >= 0.6 is 0 Å². The molecule has 0 bridgehead atoms. The lowest BCUT2D eigenvalue weighted by Gasteiger charge is -2.47. The second-order valence-electron chi connectivity index (χ2n) is 10.7. The van der Waals surface area contributed by atoms with Crippen LogP contribution in [-0.4, -0.2) is 75.1 Å². The molecule has 4 heterocycles. The van der Waals surface area contributed by atoms with Gasteiger partial charge in [0.2, 0.25) is 11.9 Å². The number of hydrogen-bond donors (Lipinski definition) is 3.